The van der Waals surface area contributed by atoms with Crippen LogP contribution in [-0.4, -0.2) is 21.4 Å². The summed E-state index contributed by atoms with van der Waals surface area (Å²) >= 11 is 0. The van der Waals surface area contributed by atoms with Gasteiger partial charge in [-0.05, 0) is 23.1 Å². The van der Waals surface area contributed by atoms with E-state index in [0.717, 1.165) is 35.4 Å². The maximum absolute atomic E-state index is 6.91. The van der Waals surface area contributed by atoms with E-state index in [1.54, 1.807) is 6.33 Å². The van der Waals surface area contributed by atoms with Crippen molar-refractivity contribution in [2.75, 3.05) is 6.61 Å². The van der Waals surface area contributed by atoms with E-state index in [-0.39, 0.29) is 6.04 Å². The molecule has 0 spiro atoms. The van der Waals surface area contributed by atoms with Gasteiger partial charge in [0.05, 0.1) is 12.6 Å². The fourth-order valence-electron chi connectivity index (χ4n) is 4.32. The van der Waals surface area contributed by atoms with E-state index in [1.807, 2.05) is 22.9 Å². The highest BCUT2D eigenvalue weighted by molar-refractivity contribution is 5.47. The lowest BCUT2D eigenvalue weighted by Gasteiger charge is -2.36. The molecule has 0 bridgehead atoms. The Labute approximate surface area is 170 Å². The number of rotatable bonds is 6. The van der Waals surface area contributed by atoms with E-state index in [9.17, 15) is 0 Å². The van der Waals surface area contributed by atoms with Crippen molar-refractivity contribution in [3.05, 3.63) is 120 Å². The van der Waals surface area contributed by atoms with Crippen LogP contribution in [0.25, 0.3) is 0 Å². The zero-order chi connectivity index (χ0) is 19.5. The Bertz CT molecular complexity index is 964. The van der Waals surface area contributed by atoms with Crippen LogP contribution < -0.4 is 0 Å². The summed E-state index contributed by atoms with van der Waals surface area (Å²) in [7, 11) is 0. The molecule has 1 aliphatic heterocycles. The first-order chi connectivity index (χ1) is 14.4. The van der Waals surface area contributed by atoms with Gasteiger partial charge in [0.2, 0.25) is 0 Å². The van der Waals surface area contributed by atoms with E-state index in [4.69, 9.17) is 4.74 Å². The van der Waals surface area contributed by atoms with Gasteiger partial charge in [0, 0.05) is 6.42 Å². The van der Waals surface area contributed by atoms with Gasteiger partial charge in [-0.25, -0.2) is 9.67 Å². The van der Waals surface area contributed by atoms with Crippen molar-refractivity contribution >= 4 is 0 Å². The molecule has 0 unspecified atom stereocenters. The van der Waals surface area contributed by atoms with E-state index >= 15 is 0 Å². The van der Waals surface area contributed by atoms with Crippen molar-refractivity contribution in [2.24, 2.45) is 0 Å². The largest absolute Gasteiger partial charge is 0.359 e. The molecular formula is C25H23N3O. The monoisotopic (exact) mass is 381 g/mol. The van der Waals surface area contributed by atoms with Crippen LogP contribution in [0.4, 0.5) is 0 Å². The SMILES string of the molecule is c1ccc(C(OC[C@@H]2CCc3ncnn32)(c2ccccc2)c2ccccc2)cc1. The molecule has 1 aromatic heterocycles. The van der Waals surface area contributed by atoms with E-state index in [2.05, 4.69) is 82.9 Å². The molecule has 0 amide bonds. The number of nitrogens with zero attached hydrogens (tertiary/aromatic N) is 3. The zero-order valence-electron chi connectivity index (χ0n) is 16.2. The lowest BCUT2D eigenvalue weighted by atomic mass is 9.80. The van der Waals surface area contributed by atoms with Gasteiger partial charge in [-0.3, -0.25) is 0 Å². The summed E-state index contributed by atoms with van der Waals surface area (Å²) in [4.78, 5) is 4.36. The quantitative estimate of drug-likeness (QED) is 0.452. The maximum Gasteiger partial charge on any atom is 0.143 e. The van der Waals surface area contributed by atoms with Gasteiger partial charge in [0.1, 0.15) is 17.8 Å². The fourth-order valence-corrected chi connectivity index (χ4v) is 4.32. The fraction of sp³-hybridized carbons (Fsp3) is 0.200. The molecule has 29 heavy (non-hydrogen) atoms. The average molecular weight is 381 g/mol. The van der Waals surface area contributed by atoms with Gasteiger partial charge < -0.3 is 4.74 Å². The van der Waals surface area contributed by atoms with Crippen LogP contribution in [-0.2, 0) is 16.8 Å². The predicted molar refractivity (Wildman–Crippen MR) is 113 cm³/mol. The van der Waals surface area contributed by atoms with Crippen LogP contribution in [0.15, 0.2) is 97.3 Å². The molecule has 0 radical (unpaired) electrons. The molecule has 0 saturated carbocycles. The average Bonchev–Trinajstić information content (AvgIpc) is 3.41. The second kappa shape index (κ2) is 7.64. The van der Waals surface area contributed by atoms with Gasteiger partial charge >= 0.3 is 0 Å². The summed E-state index contributed by atoms with van der Waals surface area (Å²) < 4.78 is 8.93. The summed E-state index contributed by atoms with van der Waals surface area (Å²) in [5.41, 5.74) is 2.67. The second-order valence-electron chi connectivity index (χ2n) is 7.40. The number of ether oxygens (including phenoxy) is 1. The van der Waals surface area contributed by atoms with Crippen LogP contribution in [0.3, 0.4) is 0 Å². The van der Waals surface area contributed by atoms with Crippen molar-refractivity contribution < 1.29 is 4.74 Å². The number of benzene rings is 3. The summed E-state index contributed by atoms with van der Waals surface area (Å²) in [5, 5.41) is 4.42. The molecule has 4 aromatic rings. The standard InChI is InChI=1S/C25H23N3O/c1-4-10-20(11-5-1)25(21-12-6-2-7-13-21,22-14-8-3-9-15-22)29-18-23-16-17-24-26-19-27-28(23)24/h1-15,19,23H,16-18H2/t23-/m0/s1. The predicted octanol–water partition coefficient (Wildman–Crippen LogP) is 4.77. The van der Waals surface area contributed by atoms with Crippen LogP contribution in [0, 0.1) is 0 Å². The van der Waals surface area contributed by atoms with Gasteiger partial charge in [-0.15, -0.1) is 0 Å². The smallest absolute Gasteiger partial charge is 0.143 e. The number of aromatic nitrogens is 3. The second-order valence-corrected chi connectivity index (χ2v) is 7.40. The van der Waals surface area contributed by atoms with Gasteiger partial charge in [0.25, 0.3) is 0 Å². The maximum atomic E-state index is 6.91. The topological polar surface area (TPSA) is 39.9 Å². The van der Waals surface area contributed by atoms with Crippen LogP contribution in [0.2, 0.25) is 0 Å². The summed E-state index contributed by atoms with van der Waals surface area (Å²) in [5.74, 6) is 1.04. The first-order valence-electron chi connectivity index (χ1n) is 10.1. The molecule has 144 valence electrons. The summed E-state index contributed by atoms with van der Waals surface area (Å²) in [6, 6.07) is 31.7. The van der Waals surface area contributed by atoms with Gasteiger partial charge in [-0.2, -0.15) is 5.10 Å². The molecule has 0 aliphatic carbocycles. The normalized spacial score (nSPS) is 15.9. The Morgan fingerprint density at radius 1 is 0.793 bits per heavy atom. The minimum atomic E-state index is -0.687. The molecule has 1 aliphatic rings. The number of fused-ring (bicyclic) bond motifs is 1. The molecule has 5 rings (SSSR count). The van der Waals surface area contributed by atoms with Crippen LogP contribution in [0.1, 0.15) is 35.0 Å². The third kappa shape index (κ3) is 3.15. The number of hydrogen-bond acceptors (Lipinski definition) is 3. The van der Waals surface area contributed by atoms with Gasteiger partial charge in [0.15, 0.2) is 0 Å². The zero-order valence-corrected chi connectivity index (χ0v) is 16.2. The highest BCUT2D eigenvalue weighted by Crippen LogP contribution is 2.41. The third-order valence-electron chi connectivity index (χ3n) is 5.73. The minimum Gasteiger partial charge on any atom is -0.359 e. The van der Waals surface area contributed by atoms with Crippen LogP contribution in [0.5, 0.6) is 0 Å². The molecule has 0 N–H and O–H groups in total. The molecule has 0 saturated heterocycles. The Hall–Kier alpha value is -3.24. The molecule has 2 heterocycles. The molecule has 1 atom stereocenters. The highest BCUT2D eigenvalue weighted by Gasteiger charge is 2.39. The molecule has 4 heteroatoms. The minimum absolute atomic E-state index is 0.197. The van der Waals surface area contributed by atoms with E-state index < -0.39 is 5.60 Å². The van der Waals surface area contributed by atoms with Crippen molar-refractivity contribution in [3.8, 4) is 0 Å². The van der Waals surface area contributed by atoms with E-state index in [0.29, 0.717) is 6.61 Å². The van der Waals surface area contributed by atoms with E-state index in [1.165, 1.54) is 0 Å². The lowest BCUT2D eigenvalue weighted by Crippen LogP contribution is -2.35. The Balaban J connectivity index is 1.62. The first-order valence-corrected chi connectivity index (χ1v) is 10.1. The molecule has 0 fully saturated rings. The third-order valence-corrected chi connectivity index (χ3v) is 5.73. The van der Waals surface area contributed by atoms with Gasteiger partial charge in [-0.1, -0.05) is 91.0 Å². The number of hydrogen-bond donors (Lipinski definition) is 0. The van der Waals surface area contributed by atoms with Crippen molar-refractivity contribution in [1.82, 2.24) is 14.8 Å². The summed E-state index contributed by atoms with van der Waals surface area (Å²) in [6.07, 6.45) is 3.59. The summed E-state index contributed by atoms with van der Waals surface area (Å²) in [6.45, 7) is 0.565. The Morgan fingerprint density at radius 2 is 1.31 bits per heavy atom. The molecular weight excluding hydrogens is 358 g/mol. The lowest BCUT2D eigenvalue weighted by molar-refractivity contribution is -0.00616. The first kappa shape index (κ1) is 17.8. The Morgan fingerprint density at radius 3 is 1.83 bits per heavy atom. The molecule has 3 aromatic carbocycles. The Kier molecular flexibility index (Phi) is 4.70. The highest BCUT2D eigenvalue weighted by atomic mass is 16.5. The number of aryl methyl sites for hydroxylation is 1. The molecule has 4 nitrogen and oxygen atoms in total. The van der Waals surface area contributed by atoms with Crippen molar-refractivity contribution in [3.63, 3.8) is 0 Å². The van der Waals surface area contributed by atoms with Crippen LogP contribution >= 0.6 is 0 Å². The van der Waals surface area contributed by atoms with Crippen molar-refractivity contribution in [1.29, 1.82) is 0 Å². The van der Waals surface area contributed by atoms with Crippen molar-refractivity contribution in [2.45, 2.75) is 24.5 Å².